The average Bonchev–Trinajstić information content (AvgIpc) is 2.43. The van der Waals surface area contributed by atoms with Crippen molar-refractivity contribution in [2.75, 3.05) is 12.4 Å². The van der Waals surface area contributed by atoms with E-state index in [0.717, 1.165) is 4.34 Å². The van der Waals surface area contributed by atoms with E-state index in [-0.39, 0.29) is 13.2 Å². The van der Waals surface area contributed by atoms with E-state index in [0.29, 0.717) is 15.8 Å². The van der Waals surface area contributed by atoms with E-state index >= 15 is 0 Å². The molecule has 0 amide bonds. The molecule has 0 unspecified atom stereocenters. The number of hydrogen-bond acceptors (Lipinski definition) is 5. The maximum atomic E-state index is 8.78. The number of aliphatic hydroxyl groups excluding tert-OH is 2. The topological polar surface area (TPSA) is 53.4 Å². The Kier molecular flexibility index (Phi) is 4.31. The summed E-state index contributed by atoms with van der Waals surface area (Å²) in [5.74, 6) is 0.606. The van der Waals surface area contributed by atoms with Crippen LogP contribution in [0.3, 0.4) is 0 Å². The van der Waals surface area contributed by atoms with Gasteiger partial charge in [0.05, 0.1) is 18.1 Å². The number of aromatic nitrogens is 1. The minimum Gasteiger partial charge on any atom is -0.396 e. The fourth-order valence-corrected chi connectivity index (χ4v) is 2.72. The van der Waals surface area contributed by atoms with E-state index in [9.17, 15) is 0 Å². The number of halogens is 1. The predicted octanol–water partition coefficient (Wildman–Crippen LogP) is 1.37. The zero-order valence-corrected chi connectivity index (χ0v) is 8.55. The van der Waals surface area contributed by atoms with Crippen LogP contribution in [-0.2, 0) is 6.61 Å². The molecule has 2 N–H and O–H groups in total. The third-order valence-electron chi connectivity index (χ3n) is 1.09. The molecule has 68 valence electrons. The van der Waals surface area contributed by atoms with Gasteiger partial charge in [0, 0.05) is 5.75 Å². The normalized spacial score (nSPS) is 10.6. The van der Waals surface area contributed by atoms with Gasteiger partial charge in [0.25, 0.3) is 0 Å². The molecule has 0 saturated heterocycles. The summed E-state index contributed by atoms with van der Waals surface area (Å²) in [4.78, 5) is 4.67. The van der Waals surface area contributed by atoms with Crippen LogP contribution in [0, 0.1) is 0 Å². The summed E-state index contributed by atoms with van der Waals surface area (Å²) in [6, 6.07) is 0. The molecule has 0 spiro atoms. The van der Waals surface area contributed by atoms with Gasteiger partial charge in [-0.3, -0.25) is 0 Å². The second-order valence-corrected chi connectivity index (χ2v) is 4.71. The molecule has 1 heterocycles. The summed E-state index contributed by atoms with van der Waals surface area (Å²) in [5, 5.41) is 17.7. The highest BCUT2D eigenvalue weighted by atomic mass is 35.5. The largest absolute Gasteiger partial charge is 0.396 e. The Hall–Kier alpha value is 0.190. The second kappa shape index (κ2) is 5.04. The van der Waals surface area contributed by atoms with Gasteiger partial charge in [0.15, 0.2) is 4.34 Å². The minimum absolute atomic E-state index is 0.0732. The van der Waals surface area contributed by atoms with Crippen molar-refractivity contribution in [2.45, 2.75) is 10.9 Å². The lowest BCUT2D eigenvalue weighted by molar-refractivity contribution is 0.285. The molecule has 0 radical (unpaired) electrons. The van der Waals surface area contributed by atoms with Gasteiger partial charge in [0.1, 0.15) is 5.15 Å². The lowest BCUT2D eigenvalue weighted by Gasteiger charge is -1.89. The Morgan fingerprint density at radius 3 is 2.75 bits per heavy atom. The highest BCUT2D eigenvalue weighted by Gasteiger charge is 2.07. The minimum atomic E-state index is -0.0732. The second-order valence-electron chi connectivity index (χ2n) is 1.92. The molecule has 0 fully saturated rings. The molecular formula is C6H8ClNO2S2. The van der Waals surface area contributed by atoms with Crippen molar-refractivity contribution in [3.8, 4) is 0 Å². The quantitative estimate of drug-likeness (QED) is 0.761. The first kappa shape index (κ1) is 10.3. The Morgan fingerprint density at radius 2 is 2.25 bits per heavy atom. The third kappa shape index (κ3) is 2.60. The number of hydrogen-bond donors (Lipinski definition) is 2. The summed E-state index contributed by atoms with van der Waals surface area (Å²) >= 11 is 8.48. The van der Waals surface area contributed by atoms with E-state index in [4.69, 9.17) is 21.8 Å². The monoisotopic (exact) mass is 225 g/mol. The van der Waals surface area contributed by atoms with Gasteiger partial charge in [-0.2, -0.15) is 0 Å². The summed E-state index contributed by atoms with van der Waals surface area (Å²) in [6.45, 7) is 0.0481. The van der Waals surface area contributed by atoms with Crippen LogP contribution >= 0.6 is 34.7 Å². The van der Waals surface area contributed by atoms with Crippen LogP contribution in [0.4, 0.5) is 0 Å². The molecule has 1 aromatic rings. The van der Waals surface area contributed by atoms with Crippen molar-refractivity contribution in [1.82, 2.24) is 4.98 Å². The molecule has 0 saturated carbocycles. The molecule has 0 aliphatic heterocycles. The number of aliphatic hydroxyl groups is 2. The number of nitrogens with zero attached hydrogens (tertiary/aromatic N) is 1. The maximum absolute atomic E-state index is 8.78. The lowest BCUT2D eigenvalue weighted by atomic mass is 10.6. The summed E-state index contributed by atoms with van der Waals surface area (Å²) in [5.41, 5.74) is 0. The Labute approximate surface area is 83.4 Å². The van der Waals surface area contributed by atoms with Crippen molar-refractivity contribution in [3.63, 3.8) is 0 Å². The maximum Gasteiger partial charge on any atom is 0.152 e. The van der Waals surface area contributed by atoms with E-state index in [1.807, 2.05) is 0 Å². The van der Waals surface area contributed by atoms with E-state index < -0.39 is 0 Å². The first-order valence-corrected chi connectivity index (χ1v) is 5.45. The van der Waals surface area contributed by atoms with Crippen LogP contribution in [0.5, 0.6) is 0 Å². The first-order valence-electron chi connectivity index (χ1n) is 3.27. The zero-order valence-electron chi connectivity index (χ0n) is 6.16. The summed E-state index contributed by atoms with van der Waals surface area (Å²) in [7, 11) is 0. The highest BCUT2D eigenvalue weighted by Crippen LogP contribution is 2.29. The lowest BCUT2D eigenvalue weighted by Crippen LogP contribution is -1.84. The van der Waals surface area contributed by atoms with Crippen molar-refractivity contribution >= 4 is 34.7 Å². The predicted molar refractivity (Wildman–Crippen MR) is 50.9 cm³/mol. The molecule has 3 nitrogen and oxygen atoms in total. The average molecular weight is 226 g/mol. The van der Waals surface area contributed by atoms with Crippen LogP contribution < -0.4 is 0 Å². The molecular weight excluding hydrogens is 218 g/mol. The molecule has 0 aliphatic carbocycles. The van der Waals surface area contributed by atoms with Gasteiger partial charge in [-0.15, -0.1) is 11.3 Å². The van der Waals surface area contributed by atoms with E-state index in [1.54, 1.807) is 0 Å². The molecule has 0 bridgehead atoms. The van der Waals surface area contributed by atoms with Gasteiger partial charge in [-0.05, 0) is 0 Å². The molecule has 1 rings (SSSR count). The number of rotatable bonds is 4. The van der Waals surface area contributed by atoms with Crippen LogP contribution in [-0.4, -0.2) is 27.6 Å². The molecule has 0 aromatic carbocycles. The van der Waals surface area contributed by atoms with Crippen LogP contribution in [0.2, 0.25) is 5.15 Å². The van der Waals surface area contributed by atoms with Crippen molar-refractivity contribution in [2.24, 2.45) is 0 Å². The standard InChI is InChI=1S/C6H8ClNO2S2/c7-5-4(3-10)12-6(8-5)11-2-1-9/h9-10H,1-3H2. The Morgan fingerprint density at radius 1 is 1.50 bits per heavy atom. The fraction of sp³-hybridized carbons (Fsp3) is 0.500. The summed E-state index contributed by atoms with van der Waals surface area (Å²) < 4.78 is 0.790. The first-order chi connectivity index (χ1) is 5.77. The van der Waals surface area contributed by atoms with Crippen LogP contribution in [0.25, 0.3) is 0 Å². The molecule has 12 heavy (non-hydrogen) atoms. The van der Waals surface area contributed by atoms with E-state index in [2.05, 4.69) is 4.98 Å². The summed E-state index contributed by atoms with van der Waals surface area (Å²) in [6.07, 6.45) is 0. The van der Waals surface area contributed by atoms with Gasteiger partial charge in [-0.25, -0.2) is 4.98 Å². The highest BCUT2D eigenvalue weighted by molar-refractivity contribution is 8.01. The molecule has 6 heteroatoms. The van der Waals surface area contributed by atoms with Gasteiger partial charge in [-0.1, -0.05) is 23.4 Å². The van der Waals surface area contributed by atoms with Crippen LogP contribution in [0.1, 0.15) is 4.88 Å². The molecule has 0 atom stereocenters. The van der Waals surface area contributed by atoms with Gasteiger partial charge >= 0.3 is 0 Å². The van der Waals surface area contributed by atoms with Crippen molar-refractivity contribution in [1.29, 1.82) is 0 Å². The smallest absolute Gasteiger partial charge is 0.152 e. The zero-order chi connectivity index (χ0) is 8.97. The SMILES string of the molecule is OCCSc1nc(Cl)c(CO)s1. The Bertz CT molecular complexity index is 254. The third-order valence-corrected chi connectivity index (χ3v) is 3.68. The fourth-order valence-electron chi connectivity index (χ4n) is 0.605. The van der Waals surface area contributed by atoms with Crippen molar-refractivity contribution in [3.05, 3.63) is 10.0 Å². The van der Waals surface area contributed by atoms with Crippen LogP contribution in [0.15, 0.2) is 4.34 Å². The molecule has 0 aliphatic rings. The number of thioether (sulfide) groups is 1. The van der Waals surface area contributed by atoms with Gasteiger partial charge in [0.2, 0.25) is 0 Å². The number of thiazole rings is 1. The van der Waals surface area contributed by atoms with Crippen molar-refractivity contribution < 1.29 is 10.2 Å². The van der Waals surface area contributed by atoms with Gasteiger partial charge < -0.3 is 10.2 Å². The molecule has 1 aromatic heterocycles. The van der Waals surface area contributed by atoms with E-state index in [1.165, 1.54) is 23.1 Å². The Balaban J connectivity index is 2.62.